The Bertz CT molecular complexity index is 693. The van der Waals surface area contributed by atoms with Crippen molar-refractivity contribution in [3.05, 3.63) is 39.9 Å². The maximum Gasteiger partial charge on any atom is 0.183 e. The zero-order valence-electron chi connectivity index (χ0n) is 9.01. The summed E-state index contributed by atoms with van der Waals surface area (Å²) >= 11 is 4.87. The third-order valence-corrected chi connectivity index (χ3v) is 3.86. The van der Waals surface area contributed by atoms with E-state index in [9.17, 15) is 0 Å². The molecule has 0 aliphatic carbocycles. The Balaban J connectivity index is 2.35. The third-order valence-electron chi connectivity index (χ3n) is 2.47. The molecule has 0 spiro atoms. The van der Waals surface area contributed by atoms with Crippen LogP contribution in [0.2, 0.25) is 0 Å². The summed E-state index contributed by atoms with van der Waals surface area (Å²) in [6.45, 7) is 1.99. The number of hydrogen-bond acceptors (Lipinski definition) is 4. The van der Waals surface area contributed by atoms with Gasteiger partial charge in [-0.2, -0.15) is 0 Å². The van der Waals surface area contributed by atoms with Gasteiger partial charge in [0, 0.05) is 16.6 Å². The summed E-state index contributed by atoms with van der Waals surface area (Å²) in [5.74, 6) is 0. The number of benzene rings is 1. The zero-order valence-corrected chi connectivity index (χ0v) is 11.4. The molecule has 0 aliphatic rings. The van der Waals surface area contributed by atoms with Crippen molar-refractivity contribution < 1.29 is 0 Å². The lowest BCUT2D eigenvalue weighted by Crippen LogP contribution is -1.87. The molecular weight excluding hydrogens is 298 g/mol. The molecule has 2 aromatic heterocycles. The number of rotatable bonds is 1. The van der Waals surface area contributed by atoms with Crippen LogP contribution in [0.1, 0.15) is 5.69 Å². The molecule has 0 N–H and O–H groups in total. The fraction of sp³-hybridized carbons (Fsp3) is 0.0833. The molecule has 0 aliphatic heterocycles. The van der Waals surface area contributed by atoms with Crippen molar-refractivity contribution in [1.29, 1.82) is 0 Å². The molecule has 3 nitrogen and oxygen atoms in total. The SMILES string of the molecule is Cc1cc(-c2nnc(Br)s2)c2ccccc2n1. The Morgan fingerprint density at radius 3 is 2.76 bits per heavy atom. The first-order valence-corrected chi connectivity index (χ1v) is 6.71. The van der Waals surface area contributed by atoms with E-state index in [-0.39, 0.29) is 0 Å². The minimum absolute atomic E-state index is 0.797. The predicted octanol–water partition coefficient (Wildman–Crippen LogP) is 3.82. The Morgan fingerprint density at radius 2 is 2.00 bits per heavy atom. The summed E-state index contributed by atoms with van der Waals surface area (Å²) < 4.78 is 0.797. The Labute approximate surface area is 111 Å². The van der Waals surface area contributed by atoms with Gasteiger partial charge in [0.15, 0.2) is 3.92 Å². The van der Waals surface area contributed by atoms with E-state index in [1.165, 1.54) is 11.3 Å². The highest BCUT2D eigenvalue weighted by Gasteiger charge is 2.10. The minimum atomic E-state index is 0.797. The second-order valence-electron chi connectivity index (χ2n) is 3.69. The average Bonchev–Trinajstić information content (AvgIpc) is 2.74. The van der Waals surface area contributed by atoms with Crippen LogP contribution in [0.15, 0.2) is 34.2 Å². The Kier molecular flexibility index (Phi) is 2.64. The molecule has 0 atom stereocenters. The van der Waals surface area contributed by atoms with Gasteiger partial charge in [0.05, 0.1) is 5.52 Å². The van der Waals surface area contributed by atoms with Crippen LogP contribution in [-0.4, -0.2) is 15.2 Å². The van der Waals surface area contributed by atoms with Crippen molar-refractivity contribution in [2.45, 2.75) is 6.92 Å². The van der Waals surface area contributed by atoms with Gasteiger partial charge in [0.25, 0.3) is 0 Å². The smallest absolute Gasteiger partial charge is 0.183 e. The molecule has 5 heteroatoms. The fourth-order valence-electron chi connectivity index (χ4n) is 1.80. The van der Waals surface area contributed by atoms with E-state index in [0.29, 0.717) is 0 Å². The number of aromatic nitrogens is 3. The maximum absolute atomic E-state index is 4.51. The first kappa shape index (κ1) is 10.8. The monoisotopic (exact) mass is 305 g/mol. The highest BCUT2D eigenvalue weighted by atomic mass is 79.9. The van der Waals surface area contributed by atoms with E-state index in [1.807, 2.05) is 25.1 Å². The van der Waals surface area contributed by atoms with Gasteiger partial charge in [-0.1, -0.05) is 29.5 Å². The maximum atomic E-state index is 4.51. The molecule has 3 rings (SSSR count). The molecule has 0 fully saturated rings. The van der Waals surface area contributed by atoms with Crippen molar-refractivity contribution in [1.82, 2.24) is 15.2 Å². The van der Waals surface area contributed by atoms with Gasteiger partial charge in [-0.15, -0.1) is 10.2 Å². The molecular formula is C12H8BrN3S. The first-order valence-electron chi connectivity index (χ1n) is 5.10. The van der Waals surface area contributed by atoms with Crippen molar-refractivity contribution in [2.24, 2.45) is 0 Å². The number of pyridine rings is 1. The van der Waals surface area contributed by atoms with Gasteiger partial charge >= 0.3 is 0 Å². The van der Waals surface area contributed by atoms with Gasteiger partial charge in [0.1, 0.15) is 5.01 Å². The van der Waals surface area contributed by atoms with E-state index in [4.69, 9.17) is 0 Å². The Morgan fingerprint density at radius 1 is 1.18 bits per heavy atom. The quantitative estimate of drug-likeness (QED) is 0.686. The van der Waals surface area contributed by atoms with Gasteiger partial charge < -0.3 is 0 Å². The second-order valence-corrected chi connectivity index (χ2v) is 5.94. The van der Waals surface area contributed by atoms with E-state index in [2.05, 4.69) is 43.2 Å². The number of halogens is 1. The highest BCUT2D eigenvalue weighted by molar-refractivity contribution is 9.11. The van der Waals surface area contributed by atoms with Crippen LogP contribution < -0.4 is 0 Å². The zero-order chi connectivity index (χ0) is 11.8. The number of nitrogens with zero attached hydrogens (tertiary/aromatic N) is 3. The summed E-state index contributed by atoms with van der Waals surface area (Å²) in [7, 11) is 0. The summed E-state index contributed by atoms with van der Waals surface area (Å²) in [5.41, 5.74) is 3.08. The minimum Gasteiger partial charge on any atom is -0.253 e. The molecule has 3 aromatic rings. The van der Waals surface area contributed by atoms with Crippen LogP contribution in [0, 0.1) is 6.92 Å². The number of hydrogen-bond donors (Lipinski definition) is 0. The lowest BCUT2D eigenvalue weighted by atomic mass is 10.1. The van der Waals surface area contributed by atoms with E-state index < -0.39 is 0 Å². The summed E-state index contributed by atoms with van der Waals surface area (Å²) in [4.78, 5) is 4.51. The van der Waals surface area contributed by atoms with Crippen LogP contribution in [-0.2, 0) is 0 Å². The van der Waals surface area contributed by atoms with Gasteiger partial charge in [0.2, 0.25) is 0 Å². The molecule has 0 unspecified atom stereocenters. The number of fused-ring (bicyclic) bond motifs is 1. The van der Waals surface area contributed by atoms with Crippen LogP contribution in [0.25, 0.3) is 21.5 Å². The lowest BCUT2D eigenvalue weighted by Gasteiger charge is -2.04. The Hall–Kier alpha value is -1.33. The molecule has 2 heterocycles. The molecule has 0 saturated heterocycles. The average molecular weight is 306 g/mol. The van der Waals surface area contributed by atoms with Crippen molar-refractivity contribution in [3.8, 4) is 10.6 Å². The van der Waals surface area contributed by atoms with Crippen molar-refractivity contribution >= 4 is 38.2 Å². The van der Waals surface area contributed by atoms with Crippen LogP contribution in [0.4, 0.5) is 0 Å². The third kappa shape index (κ3) is 1.96. The van der Waals surface area contributed by atoms with Gasteiger partial charge in [-0.05, 0) is 35.0 Å². The molecule has 84 valence electrons. The van der Waals surface area contributed by atoms with Crippen molar-refractivity contribution in [2.75, 3.05) is 0 Å². The molecule has 1 aromatic carbocycles. The van der Waals surface area contributed by atoms with Crippen LogP contribution in [0.5, 0.6) is 0 Å². The predicted molar refractivity (Wildman–Crippen MR) is 73.1 cm³/mol. The first-order chi connectivity index (χ1) is 8.24. The summed E-state index contributed by atoms with van der Waals surface area (Å²) in [6, 6.07) is 10.1. The summed E-state index contributed by atoms with van der Waals surface area (Å²) in [5, 5.41) is 10.2. The molecule has 17 heavy (non-hydrogen) atoms. The number of para-hydroxylation sites is 1. The fourth-order valence-corrected chi connectivity index (χ4v) is 2.94. The normalized spacial score (nSPS) is 10.9. The van der Waals surface area contributed by atoms with Crippen LogP contribution in [0.3, 0.4) is 0 Å². The van der Waals surface area contributed by atoms with Gasteiger partial charge in [-0.3, -0.25) is 4.98 Å². The van der Waals surface area contributed by atoms with Crippen LogP contribution >= 0.6 is 27.3 Å². The van der Waals surface area contributed by atoms with Gasteiger partial charge in [-0.25, -0.2) is 0 Å². The molecule has 0 radical (unpaired) electrons. The molecule has 0 saturated carbocycles. The van der Waals surface area contributed by atoms with Crippen molar-refractivity contribution in [3.63, 3.8) is 0 Å². The number of aryl methyl sites for hydroxylation is 1. The molecule has 0 amide bonds. The lowest BCUT2D eigenvalue weighted by molar-refractivity contribution is 1.07. The standard InChI is InChI=1S/C12H8BrN3S/c1-7-6-9(11-15-16-12(13)17-11)8-4-2-3-5-10(8)14-7/h2-6H,1H3. The van der Waals surface area contributed by atoms with E-state index in [1.54, 1.807) is 0 Å². The van der Waals surface area contributed by atoms with E-state index >= 15 is 0 Å². The van der Waals surface area contributed by atoms with E-state index in [0.717, 1.165) is 31.1 Å². The largest absolute Gasteiger partial charge is 0.253 e. The molecule has 0 bridgehead atoms. The highest BCUT2D eigenvalue weighted by Crippen LogP contribution is 2.32. The summed E-state index contributed by atoms with van der Waals surface area (Å²) in [6.07, 6.45) is 0. The topological polar surface area (TPSA) is 38.7 Å². The second kappa shape index (κ2) is 4.16.